The average molecular weight is 373 g/mol. The fraction of sp³-hybridized carbons (Fsp3) is 0.381. The summed E-state index contributed by atoms with van der Waals surface area (Å²) in [5.74, 6) is 1.43. The minimum atomic E-state index is 0.338. The summed E-state index contributed by atoms with van der Waals surface area (Å²) in [4.78, 5) is 9.78. The van der Waals surface area contributed by atoms with Crippen molar-refractivity contribution in [1.29, 1.82) is 5.26 Å². The summed E-state index contributed by atoms with van der Waals surface area (Å²) >= 11 is 0. The van der Waals surface area contributed by atoms with Crippen LogP contribution in [-0.2, 0) is 6.54 Å². The van der Waals surface area contributed by atoms with Crippen molar-refractivity contribution >= 4 is 17.0 Å². The van der Waals surface area contributed by atoms with Crippen LogP contribution in [0.2, 0.25) is 0 Å². The normalized spacial score (nSPS) is 19.5. The molecule has 0 bridgehead atoms. The van der Waals surface area contributed by atoms with E-state index in [4.69, 9.17) is 4.98 Å². The standard InChI is InChI=1S/C21H23N7/c1-15-13-27(18-4-3-17(12-22)28-19(18)6-7-24-28)14-16-2-5-20(25-21(15)16)26-10-8-23-9-11-26/h2-7,15,23H,8-11,13-14H2,1H3. The molecule has 3 aromatic heterocycles. The van der Waals surface area contributed by atoms with Crippen LogP contribution in [0.25, 0.3) is 5.52 Å². The van der Waals surface area contributed by atoms with Crippen molar-refractivity contribution in [2.75, 3.05) is 42.5 Å². The van der Waals surface area contributed by atoms with E-state index in [-0.39, 0.29) is 0 Å². The quantitative estimate of drug-likeness (QED) is 0.742. The van der Waals surface area contributed by atoms with Crippen molar-refractivity contribution in [3.63, 3.8) is 0 Å². The molecule has 0 amide bonds. The van der Waals surface area contributed by atoms with Gasteiger partial charge in [-0.05, 0) is 29.8 Å². The first-order chi connectivity index (χ1) is 13.7. The maximum Gasteiger partial charge on any atom is 0.142 e. The number of nitrogens with zero attached hydrogens (tertiary/aromatic N) is 6. The minimum absolute atomic E-state index is 0.338. The molecule has 2 aliphatic rings. The summed E-state index contributed by atoms with van der Waals surface area (Å²) in [5, 5.41) is 17.0. The molecule has 1 saturated heterocycles. The molecule has 2 aliphatic heterocycles. The van der Waals surface area contributed by atoms with Crippen molar-refractivity contribution in [2.24, 2.45) is 0 Å². The van der Waals surface area contributed by atoms with Crippen LogP contribution in [-0.4, -0.2) is 47.3 Å². The number of hydrogen-bond donors (Lipinski definition) is 1. The molecular weight excluding hydrogens is 350 g/mol. The highest BCUT2D eigenvalue weighted by Crippen LogP contribution is 2.33. The van der Waals surface area contributed by atoms with Crippen LogP contribution in [0.5, 0.6) is 0 Å². The van der Waals surface area contributed by atoms with E-state index in [0.29, 0.717) is 11.6 Å². The van der Waals surface area contributed by atoms with Crippen LogP contribution in [0.4, 0.5) is 11.5 Å². The van der Waals surface area contributed by atoms with Crippen LogP contribution in [0.1, 0.15) is 29.8 Å². The van der Waals surface area contributed by atoms with Crippen molar-refractivity contribution in [3.8, 4) is 6.07 Å². The molecule has 1 fully saturated rings. The van der Waals surface area contributed by atoms with Crippen LogP contribution in [0, 0.1) is 11.3 Å². The van der Waals surface area contributed by atoms with Gasteiger partial charge in [0.2, 0.25) is 0 Å². The number of anilines is 2. The predicted molar refractivity (Wildman–Crippen MR) is 109 cm³/mol. The monoisotopic (exact) mass is 373 g/mol. The Morgan fingerprint density at radius 2 is 1.96 bits per heavy atom. The molecule has 7 heteroatoms. The molecule has 28 heavy (non-hydrogen) atoms. The maximum absolute atomic E-state index is 9.32. The molecule has 1 atom stereocenters. The summed E-state index contributed by atoms with van der Waals surface area (Å²) in [6, 6.07) is 12.5. The number of aromatic nitrogens is 3. The molecule has 0 saturated carbocycles. The average Bonchev–Trinajstić information content (AvgIpc) is 3.23. The highest BCUT2D eigenvalue weighted by Gasteiger charge is 2.26. The van der Waals surface area contributed by atoms with Gasteiger partial charge in [-0.2, -0.15) is 10.4 Å². The Hall–Kier alpha value is -3.11. The number of rotatable bonds is 2. The van der Waals surface area contributed by atoms with Gasteiger partial charge in [-0.15, -0.1) is 0 Å². The van der Waals surface area contributed by atoms with Gasteiger partial charge < -0.3 is 15.1 Å². The Balaban J connectivity index is 1.48. The third kappa shape index (κ3) is 2.77. The lowest BCUT2D eigenvalue weighted by Crippen LogP contribution is -2.44. The molecule has 1 unspecified atom stereocenters. The van der Waals surface area contributed by atoms with Crippen LogP contribution in [0.15, 0.2) is 36.5 Å². The van der Waals surface area contributed by atoms with E-state index in [0.717, 1.165) is 56.3 Å². The van der Waals surface area contributed by atoms with Gasteiger partial charge in [-0.1, -0.05) is 13.0 Å². The summed E-state index contributed by atoms with van der Waals surface area (Å²) in [6.07, 6.45) is 1.75. The Labute approximate surface area is 164 Å². The molecule has 5 heterocycles. The van der Waals surface area contributed by atoms with Gasteiger partial charge in [-0.25, -0.2) is 9.50 Å². The van der Waals surface area contributed by atoms with Crippen molar-refractivity contribution in [2.45, 2.75) is 19.4 Å². The minimum Gasteiger partial charge on any atom is -0.365 e. The lowest BCUT2D eigenvalue weighted by molar-refractivity contribution is 0.578. The maximum atomic E-state index is 9.32. The molecule has 5 rings (SSSR count). The van der Waals surface area contributed by atoms with Crippen LogP contribution < -0.4 is 15.1 Å². The van der Waals surface area contributed by atoms with E-state index in [2.05, 4.69) is 45.3 Å². The first-order valence-corrected chi connectivity index (χ1v) is 9.82. The molecule has 3 aromatic rings. The number of nitrogens with one attached hydrogen (secondary N) is 1. The van der Waals surface area contributed by atoms with Crippen molar-refractivity contribution < 1.29 is 0 Å². The second-order valence-corrected chi connectivity index (χ2v) is 7.58. The summed E-state index contributed by atoms with van der Waals surface area (Å²) in [7, 11) is 0. The number of pyridine rings is 2. The van der Waals surface area contributed by atoms with Gasteiger partial charge in [-0.3, -0.25) is 0 Å². The molecule has 0 aromatic carbocycles. The van der Waals surface area contributed by atoms with Gasteiger partial charge in [0.25, 0.3) is 0 Å². The third-order valence-corrected chi connectivity index (χ3v) is 5.75. The van der Waals surface area contributed by atoms with Gasteiger partial charge in [0.05, 0.1) is 23.1 Å². The smallest absolute Gasteiger partial charge is 0.142 e. The fourth-order valence-electron chi connectivity index (χ4n) is 4.35. The van der Waals surface area contributed by atoms with Gasteiger partial charge >= 0.3 is 0 Å². The predicted octanol–water partition coefficient (Wildman–Crippen LogP) is 2.13. The number of fused-ring (bicyclic) bond motifs is 2. The molecule has 142 valence electrons. The van der Waals surface area contributed by atoms with Gasteiger partial charge in [0.1, 0.15) is 17.6 Å². The largest absolute Gasteiger partial charge is 0.365 e. The Morgan fingerprint density at radius 3 is 2.79 bits per heavy atom. The van der Waals surface area contributed by atoms with E-state index in [1.165, 1.54) is 11.3 Å². The highest BCUT2D eigenvalue weighted by atomic mass is 15.3. The van der Waals surface area contributed by atoms with E-state index in [1.54, 1.807) is 10.7 Å². The lowest BCUT2D eigenvalue weighted by atomic mass is 9.95. The van der Waals surface area contributed by atoms with Crippen LogP contribution in [0.3, 0.4) is 0 Å². The highest BCUT2D eigenvalue weighted by molar-refractivity contribution is 5.74. The summed E-state index contributed by atoms with van der Waals surface area (Å²) in [5.41, 5.74) is 5.13. The second-order valence-electron chi connectivity index (χ2n) is 7.58. The first kappa shape index (κ1) is 17.0. The number of nitriles is 1. The van der Waals surface area contributed by atoms with Gasteiger partial charge in [0, 0.05) is 45.2 Å². The molecule has 7 nitrogen and oxygen atoms in total. The number of hydrogen-bond acceptors (Lipinski definition) is 6. The number of piperazine rings is 1. The van der Waals surface area contributed by atoms with Crippen molar-refractivity contribution in [1.82, 2.24) is 19.9 Å². The zero-order valence-electron chi connectivity index (χ0n) is 16.0. The van der Waals surface area contributed by atoms with E-state index in [9.17, 15) is 5.26 Å². The lowest BCUT2D eigenvalue weighted by Gasteiger charge is -2.35. The Morgan fingerprint density at radius 1 is 1.11 bits per heavy atom. The molecule has 0 spiro atoms. The zero-order valence-corrected chi connectivity index (χ0v) is 16.0. The van der Waals surface area contributed by atoms with E-state index < -0.39 is 0 Å². The van der Waals surface area contributed by atoms with E-state index in [1.807, 2.05) is 18.2 Å². The summed E-state index contributed by atoms with van der Waals surface area (Å²) in [6.45, 7) is 8.02. The Kier molecular flexibility index (Phi) is 4.14. The molecule has 1 N–H and O–H groups in total. The van der Waals surface area contributed by atoms with E-state index >= 15 is 0 Å². The topological polar surface area (TPSA) is 72.5 Å². The Bertz CT molecular complexity index is 1060. The first-order valence-electron chi connectivity index (χ1n) is 9.82. The van der Waals surface area contributed by atoms with Crippen molar-refractivity contribution in [3.05, 3.63) is 53.5 Å². The third-order valence-electron chi connectivity index (χ3n) is 5.75. The van der Waals surface area contributed by atoms with Gasteiger partial charge in [0.15, 0.2) is 0 Å². The molecule has 0 radical (unpaired) electrons. The zero-order chi connectivity index (χ0) is 19.1. The molecular formula is C21H23N7. The SMILES string of the molecule is CC1CN(c2ccc(C#N)n3nccc23)Cc2ccc(N3CCNCC3)nc21. The van der Waals surface area contributed by atoms with Crippen LogP contribution >= 0.6 is 0 Å². The second kappa shape index (κ2) is 6.80. The summed E-state index contributed by atoms with van der Waals surface area (Å²) < 4.78 is 1.72. The molecule has 0 aliphatic carbocycles. The fourth-order valence-corrected chi connectivity index (χ4v) is 4.35.